The van der Waals surface area contributed by atoms with E-state index in [0.29, 0.717) is 35.0 Å². The maximum absolute atomic E-state index is 13.0. The van der Waals surface area contributed by atoms with Gasteiger partial charge in [0.15, 0.2) is 5.16 Å². The van der Waals surface area contributed by atoms with Crippen LogP contribution >= 0.6 is 11.8 Å². The third-order valence-corrected chi connectivity index (χ3v) is 7.64. The molecule has 176 valence electrons. The number of anilines is 1. The highest BCUT2D eigenvalue weighted by Crippen LogP contribution is 2.40. The quantitative estimate of drug-likeness (QED) is 0.540. The summed E-state index contributed by atoms with van der Waals surface area (Å²) in [6, 6.07) is 2.60. The van der Waals surface area contributed by atoms with Crippen LogP contribution in [0.2, 0.25) is 0 Å². The topological polar surface area (TPSA) is 132 Å². The van der Waals surface area contributed by atoms with Crippen LogP contribution in [0.25, 0.3) is 0 Å². The van der Waals surface area contributed by atoms with Crippen molar-refractivity contribution in [1.82, 2.24) is 19.3 Å². The van der Waals surface area contributed by atoms with Crippen LogP contribution < -0.4 is 11.1 Å². The van der Waals surface area contributed by atoms with Gasteiger partial charge < -0.3 is 20.2 Å². The minimum atomic E-state index is -0.377. The van der Waals surface area contributed by atoms with Crippen LogP contribution in [-0.2, 0) is 16.1 Å². The highest BCUT2D eigenvalue weighted by Gasteiger charge is 2.31. The lowest BCUT2D eigenvalue weighted by Crippen LogP contribution is -2.22. The van der Waals surface area contributed by atoms with Crippen LogP contribution in [0.15, 0.2) is 5.16 Å². The van der Waals surface area contributed by atoms with Gasteiger partial charge in [-0.2, -0.15) is 5.26 Å². The van der Waals surface area contributed by atoms with Crippen molar-refractivity contribution in [3.63, 3.8) is 0 Å². The Labute approximate surface area is 198 Å². The van der Waals surface area contributed by atoms with Crippen LogP contribution in [0.5, 0.6) is 0 Å². The first-order valence-corrected chi connectivity index (χ1v) is 12.6. The molecule has 2 aromatic rings. The first-order valence-electron chi connectivity index (χ1n) is 11.7. The molecule has 2 aliphatic carbocycles. The summed E-state index contributed by atoms with van der Waals surface area (Å²) in [5.74, 6) is 1.41. The molecular formula is C23H31N7O2S. The minimum absolute atomic E-state index is 0.137. The average Bonchev–Trinajstić information content (AvgIpc) is 3.52. The third-order valence-electron chi connectivity index (χ3n) is 6.67. The van der Waals surface area contributed by atoms with E-state index in [4.69, 9.17) is 5.73 Å². The fourth-order valence-corrected chi connectivity index (χ4v) is 5.43. The van der Waals surface area contributed by atoms with Gasteiger partial charge in [0.05, 0.1) is 11.3 Å². The van der Waals surface area contributed by atoms with Crippen molar-refractivity contribution in [2.45, 2.75) is 88.9 Å². The van der Waals surface area contributed by atoms with Gasteiger partial charge in [-0.3, -0.25) is 9.59 Å². The van der Waals surface area contributed by atoms with E-state index in [1.165, 1.54) is 18.2 Å². The number of amides is 2. The molecule has 0 atom stereocenters. The molecule has 0 unspecified atom stereocenters. The Morgan fingerprint density at radius 2 is 1.91 bits per heavy atom. The molecule has 0 aromatic carbocycles. The molecule has 33 heavy (non-hydrogen) atoms. The summed E-state index contributed by atoms with van der Waals surface area (Å²) in [6.45, 7) is 4.38. The number of carbonyl (C=O) groups excluding carboxylic acids is 2. The van der Waals surface area contributed by atoms with Crippen molar-refractivity contribution in [2.24, 2.45) is 5.73 Å². The van der Waals surface area contributed by atoms with Gasteiger partial charge in [-0.25, -0.2) is 0 Å². The smallest absolute Gasteiger partial charge is 0.235 e. The van der Waals surface area contributed by atoms with Crippen molar-refractivity contribution in [1.29, 1.82) is 5.26 Å². The Hall–Kier alpha value is -2.80. The SMILES string of the molecule is Cc1c(C#N)c(NC(=O)CSc2nnc(C3CC3)n2CCC(N)=O)n(C2CCCCC2)c1C. The number of nitriles is 1. The molecule has 2 saturated carbocycles. The lowest BCUT2D eigenvalue weighted by atomic mass is 9.95. The van der Waals surface area contributed by atoms with Gasteiger partial charge in [0.2, 0.25) is 11.8 Å². The zero-order valence-corrected chi connectivity index (χ0v) is 20.1. The first kappa shape index (κ1) is 23.4. The molecule has 2 amide bonds. The Morgan fingerprint density at radius 1 is 1.18 bits per heavy atom. The fraction of sp³-hybridized carbons (Fsp3) is 0.609. The molecule has 9 nitrogen and oxygen atoms in total. The number of primary amides is 1. The van der Waals surface area contributed by atoms with Crippen molar-refractivity contribution in [3.05, 3.63) is 22.6 Å². The van der Waals surface area contributed by atoms with E-state index in [9.17, 15) is 14.9 Å². The zero-order valence-electron chi connectivity index (χ0n) is 19.3. The predicted octanol–water partition coefficient (Wildman–Crippen LogP) is 3.56. The van der Waals surface area contributed by atoms with E-state index in [1.54, 1.807) is 0 Å². The number of hydrogen-bond donors (Lipinski definition) is 2. The standard InChI is InChI=1S/C23H31N7O2S/c1-14-15(2)30(17-6-4-3-5-7-17)22(18(14)12-24)26-20(32)13-33-23-28-27-21(16-8-9-16)29(23)11-10-19(25)31/h16-17H,3-11,13H2,1-2H3,(H2,25,31)(H,26,32). The largest absolute Gasteiger partial charge is 0.370 e. The Morgan fingerprint density at radius 3 is 2.55 bits per heavy atom. The van der Waals surface area contributed by atoms with Crippen LogP contribution in [0.4, 0.5) is 5.82 Å². The van der Waals surface area contributed by atoms with Gasteiger partial charge in [-0.1, -0.05) is 31.0 Å². The van der Waals surface area contributed by atoms with Gasteiger partial charge in [-0.05, 0) is 45.1 Å². The molecule has 2 aliphatic rings. The monoisotopic (exact) mass is 469 g/mol. The molecule has 10 heteroatoms. The second kappa shape index (κ2) is 10.00. The Bertz CT molecular complexity index is 1090. The van der Waals surface area contributed by atoms with E-state index in [0.717, 1.165) is 55.6 Å². The summed E-state index contributed by atoms with van der Waals surface area (Å²) < 4.78 is 4.08. The summed E-state index contributed by atoms with van der Waals surface area (Å²) in [4.78, 5) is 24.2. The van der Waals surface area contributed by atoms with Gasteiger partial charge in [0.25, 0.3) is 0 Å². The highest BCUT2D eigenvalue weighted by atomic mass is 32.2. The van der Waals surface area contributed by atoms with E-state index in [2.05, 4.69) is 26.2 Å². The van der Waals surface area contributed by atoms with E-state index < -0.39 is 0 Å². The number of rotatable bonds is 9. The molecule has 4 rings (SSSR count). The summed E-state index contributed by atoms with van der Waals surface area (Å²) in [5.41, 5.74) is 7.84. The number of nitrogens with two attached hydrogens (primary N) is 1. The molecular weight excluding hydrogens is 438 g/mol. The third kappa shape index (κ3) is 5.08. The van der Waals surface area contributed by atoms with Gasteiger partial charge >= 0.3 is 0 Å². The molecule has 2 heterocycles. The van der Waals surface area contributed by atoms with Crippen molar-refractivity contribution in [2.75, 3.05) is 11.1 Å². The van der Waals surface area contributed by atoms with Crippen LogP contribution in [0, 0.1) is 25.2 Å². The molecule has 2 fully saturated rings. The van der Waals surface area contributed by atoms with Crippen molar-refractivity contribution < 1.29 is 9.59 Å². The predicted molar refractivity (Wildman–Crippen MR) is 126 cm³/mol. The summed E-state index contributed by atoms with van der Waals surface area (Å²) >= 11 is 1.29. The highest BCUT2D eigenvalue weighted by molar-refractivity contribution is 7.99. The van der Waals surface area contributed by atoms with Gasteiger partial charge in [0, 0.05) is 30.6 Å². The van der Waals surface area contributed by atoms with Gasteiger partial charge in [0.1, 0.15) is 17.7 Å². The molecule has 0 aliphatic heterocycles. The number of aromatic nitrogens is 4. The average molecular weight is 470 g/mol. The molecule has 0 radical (unpaired) electrons. The normalized spacial score (nSPS) is 16.5. The van der Waals surface area contributed by atoms with E-state index >= 15 is 0 Å². The molecule has 0 saturated heterocycles. The summed E-state index contributed by atoms with van der Waals surface area (Å²) in [6.07, 6.45) is 8.01. The molecule has 0 spiro atoms. The number of hydrogen-bond acceptors (Lipinski definition) is 6. The maximum atomic E-state index is 13.0. The van der Waals surface area contributed by atoms with Gasteiger partial charge in [-0.15, -0.1) is 10.2 Å². The molecule has 0 bridgehead atoms. The first-order chi connectivity index (χ1) is 15.9. The summed E-state index contributed by atoms with van der Waals surface area (Å²) in [7, 11) is 0. The van der Waals surface area contributed by atoms with Crippen LogP contribution in [-0.4, -0.2) is 36.9 Å². The van der Waals surface area contributed by atoms with E-state index in [1.807, 2.05) is 18.4 Å². The number of thioether (sulfide) groups is 1. The number of nitrogens with one attached hydrogen (secondary N) is 1. The van der Waals surface area contributed by atoms with E-state index in [-0.39, 0.29) is 24.0 Å². The number of carbonyl (C=O) groups is 2. The Balaban J connectivity index is 1.49. The second-order valence-electron chi connectivity index (χ2n) is 9.03. The molecule has 3 N–H and O–H groups in total. The zero-order chi connectivity index (χ0) is 23.5. The minimum Gasteiger partial charge on any atom is -0.370 e. The Kier molecular flexibility index (Phi) is 7.08. The molecule has 2 aromatic heterocycles. The second-order valence-corrected chi connectivity index (χ2v) is 9.97. The lowest BCUT2D eigenvalue weighted by molar-refractivity contribution is -0.118. The van der Waals surface area contributed by atoms with Crippen molar-refractivity contribution in [3.8, 4) is 6.07 Å². The maximum Gasteiger partial charge on any atom is 0.235 e. The summed E-state index contributed by atoms with van der Waals surface area (Å²) in [5, 5.41) is 22.0. The van der Waals surface area contributed by atoms with Crippen LogP contribution in [0.1, 0.15) is 86.0 Å². The number of nitrogens with zero attached hydrogens (tertiary/aromatic N) is 5. The fourth-order valence-electron chi connectivity index (χ4n) is 4.66. The van der Waals surface area contributed by atoms with Crippen LogP contribution in [0.3, 0.4) is 0 Å². The lowest BCUT2D eigenvalue weighted by Gasteiger charge is -2.27. The van der Waals surface area contributed by atoms with Crippen molar-refractivity contribution >= 4 is 29.4 Å².